The fraction of sp³-hybridized carbons (Fsp3) is 0.625. The molecule has 1 fully saturated rings. The Morgan fingerprint density at radius 1 is 1.40 bits per heavy atom. The molecule has 0 saturated carbocycles. The van der Waals surface area contributed by atoms with Crippen LogP contribution < -0.4 is 5.32 Å². The Hall–Kier alpha value is -0.0900. The van der Waals surface area contributed by atoms with Crippen molar-refractivity contribution in [1.29, 1.82) is 0 Å². The van der Waals surface area contributed by atoms with Gasteiger partial charge in [0.1, 0.15) is 0 Å². The lowest BCUT2D eigenvalue weighted by molar-refractivity contribution is -0.0932. The maximum atomic E-state index is 6.13. The minimum atomic E-state index is 0.0767. The van der Waals surface area contributed by atoms with E-state index < -0.39 is 0 Å². The predicted molar refractivity (Wildman–Crippen MR) is 88.3 cm³/mol. The van der Waals surface area contributed by atoms with Crippen LogP contribution in [0.5, 0.6) is 0 Å². The molecule has 0 amide bonds. The summed E-state index contributed by atoms with van der Waals surface area (Å²) >= 11 is 9.55. The first-order chi connectivity index (χ1) is 9.58. The largest absolute Gasteiger partial charge is 0.375 e. The van der Waals surface area contributed by atoms with E-state index in [2.05, 4.69) is 41.2 Å². The molecule has 0 spiro atoms. The zero-order valence-corrected chi connectivity index (χ0v) is 14.6. The molecule has 0 radical (unpaired) electrons. The fourth-order valence-corrected chi connectivity index (χ4v) is 3.31. The van der Waals surface area contributed by atoms with Crippen molar-refractivity contribution in [3.05, 3.63) is 33.3 Å². The van der Waals surface area contributed by atoms with Gasteiger partial charge in [-0.3, -0.25) is 0 Å². The first-order valence-electron chi connectivity index (χ1n) is 7.40. The normalized spacial score (nSPS) is 21.9. The molecule has 20 heavy (non-hydrogen) atoms. The summed E-state index contributed by atoms with van der Waals surface area (Å²) in [6, 6.07) is 6.66. The van der Waals surface area contributed by atoms with Crippen LogP contribution in [0.25, 0.3) is 0 Å². The van der Waals surface area contributed by atoms with Crippen LogP contribution in [0.3, 0.4) is 0 Å². The molecule has 2 nitrogen and oxygen atoms in total. The van der Waals surface area contributed by atoms with Crippen molar-refractivity contribution in [3.8, 4) is 0 Å². The highest BCUT2D eigenvalue weighted by Crippen LogP contribution is 2.31. The van der Waals surface area contributed by atoms with Crippen LogP contribution in [0, 0.1) is 0 Å². The number of hydrogen-bond donors (Lipinski definition) is 1. The maximum Gasteiger partial charge on any atom is 0.0692 e. The summed E-state index contributed by atoms with van der Waals surface area (Å²) in [5.74, 6) is 0. The van der Waals surface area contributed by atoms with Crippen LogP contribution in [-0.2, 0) is 11.3 Å². The highest BCUT2D eigenvalue weighted by Gasteiger charge is 2.34. The van der Waals surface area contributed by atoms with Crippen molar-refractivity contribution >= 4 is 27.5 Å². The average molecular weight is 361 g/mol. The van der Waals surface area contributed by atoms with Crippen molar-refractivity contribution in [2.24, 2.45) is 0 Å². The number of hydrogen-bond acceptors (Lipinski definition) is 2. The summed E-state index contributed by atoms with van der Waals surface area (Å²) in [5, 5.41) is 4.43. The number of halogens is 2. The summed E-state index contributed by atoms with van der Waals surface area (Å²) in [6.07, 6.45) is 4.37. The topological polar surface area (TPSA) is 21.3 Å². The monoisotopic (exact) mass is 359 g/mol. The zero-order valence-electron chi connectivity index (χ0n) is 12.2. The van der Waals surface area contributed by atoms with Crippen molar-refractivity contribution in [1.82, 2.24) is 5.32 Å². The molecule has 1 unspecified atom stereocenters. The fourth-order valence-electron chi connectivity index (χ4n) is 2.86. The Balaban J connectivity index is 1.91. The Morgan fingerprint density at radius 2 is 2.15 bits per heavy atom. The van der Waals surface area contributed by atoms with E-state index in [0.29, 0.717) is 6.04 Å². The Kier molecular flexibility index (Phi) is 5.91. The lowest BCUT2D eigenvalue weighted by Gasteiger charge is -2.40. The molecule has 1 atom stereocenters. The summed E-state index contributed by atoms with van der Waals surface area (Å²) < 4.78 is 6.96. The SMILES string of the molecule is CCC1(CC)CC(NCc2ccc(Br)c(Cl)c2)CCO1. The van der Waals surface area contributed by atoms with Gasteiger partial charge in [0.15, 0.2) is 0 Å². The van der Waals surface area contributed by atoms with Crippen molar-refractivity contribution in [3.63, 3.8) is 0 Å². The Bertz CT molecular complexity index is 448. The smallest absolute Gasteiger partial charge is 0.0692 e. The van der Waals surface area contributed by atoms with E-state index in [-0.39, 0.29) is 5.60 Å². The van der Waals surface area contributed by atoms with Crippen LogP contribution >= 0.6 is 27.5 Å². The second kappa shape index (κ2) is 7.26. The second-order valence-electron chi connectivity index (χ2n) is 5.56. The molecule has 1 aromatic rings. The Morgan fingerprint density at radius 3 is 2.80 bits per heavy atom. The van der Waals surface area contributed by atoms with Gasteiger partial charge >= 0.3 is 0 Å². The van der Waals surface area contributed by atoms with Crippen LogP contribution in [-0.4, -0.2) is 18.2 Å². The first kappa shape index (κ1) is 16.3. The molecular formula is C16H23BrClNO. The van der Waals surface area contributed by atoms with Crippen LogP contribution in [0.1, 0.15) is 45.1 Å². The average Bonchev–Trinajstić information content (AvgIpc) is 2.48. The lowest BCUT2D eigenvalue weighted by Crippen LogP contribution is -2.46. The van der Waals surface area contributed by atoms with Gasteiger partial charge in [-0.15, -0.1) is 0 Å². The van der Waals surface area contributed by atoms with Gasteiger partial charge in [0.25, 0.3) is 0 Å². The Labute approximate surface area is 135 Å². The second-order valence-corrected chi connectivity index (χ2v) is 6.82. The molecule has 0 aliphatic carbocycles. The van der Waals surface area contributed by atoms with Crippen LogP contribution in [0.4, 0.5) is 0 Å². The van der Waals surface area contributed by atoms with Gasteiger partial charge in [0.2, 0.25) is 0 Å². The molecule has 1 aliphatic heterocycles. The molecule has 0 aromatic heterocycles. The summed E-state index contributed by atoms with van der Waals surface area (Å²) in [7, 11) is 0. The van der Waals surface area contributed by atoms with E-state index in [9.17, 15) is 0 Å². The van der Waals surface area contributed by atoms with Gasteiger partial charge in [-0.2, -0.15) is 0 Å². The molecule has 1 saturated heterocycles. The third kappa shape index (κ3) is 3.97. The van der Waals surface area contributed by atoms with Gasteiger partial charge in [-0.1, -0.05) is 31.5 Å². The van der Waals surface area contributed by atoms with Gasteiger partial charge < -0.3 is 10.1 Å². The molecule has 1 heterocycles. The third-order valence-corrected chi connectivity index (χ3v) is 5.59. The van der Waals surface area contributed by atoms with E-state index in [1.165, 1.54) is 5.56 Å². The molecule has 1 N–H and O–H groups in total. The molecular weight excluding hydrogens is 338 g/mol. The molecule has 1 aromatic carbocycles. The minimum absolute atomic E-state index is 0.0767. The molecule has 0 bridgehead atoms. The van der Waals surface area contributed by atoms with E-state index in [1.807, 2.05) is 12.1 Å². The summed E-state index contributed by atoms with van der Waals surface area (Å²) in [4.78, 5) is 0. The number of ether oxygens (including phenoxy) is 1. The predicted octanol–water partition coefficient (Wildman–Crippen LogP) is 4.93. The van der Waals surface area contributed by atoms with Crippen molar-refractivity contribution < 1.29 is 4.74 Å². The minimum Gasteiger partial charge on any atom is -0.375 e. The van der Waals surface area contributed by atoms with Gasteiger partial charge in [-0.25, -0.2) is 0 Å². The summed E-state index contributed by atoms with van der Waals surface area (Å²) in [6.45, 7) is 6.17. The number of benzene rings is 1. The van der Waals surface area contributed by atoms with Gasteiger partial charge in [0, 0.05) is 23.7 Å². The number of rotatable bonds is 5. The van der Waals surface area contributed by atoms with Gasteiger partial charge in [-0.05, 0) is 59.3 Å². The summed E-state index contributed by atoms with van der Waals surface area (Å²) in [5.41, 5.74) is 1.30. The maximum absolute atomic E-state index is 6.13. The standard InChI is InChI=1S/C16H23BrClNO/c1-3-16(4-2)10-13(7-8-20-16)19-11-12-5-6-14(17)15(18)9-12/h5-6,9,13,19H,3-4,7-8,10-11H2,1-2H3. The number of nitrogens with one attached hydrogen (secondary N) is 1. The highest BCUT2D eigenvalue weighted by molar-refractivity contribution is 9.10. The molecule has 2 rings (SSSR count). The quantitative estimate of drug-likeness (QED) is 0.804. The lowest BCUT2D eigenvalue weighted by atomic mass is 9.86. The van der Waals surface area contributed by atoms with Crippen molar-refractivity contribution in [2.45, 2.75) is 57.7 Å². The van der Waals surface area contributed by atoms with E-state index in [1.54, 1.807) is 0 Å². The molecule has 112 valence electrons. The van der Waals surface area contributed by atoms with Crippen molar-refractivity contribution in [2.75, 3.05) is 6.61 Å². The van der Waals surface area contributed by atoms with E-state index in [4.69, 9.17) is 16.3 Å². The van der Waals surface area contributed by atoms with Crippen LogP contribution in [0.15, 0.2) is 22.7 Å². The van der Waals surface area contributed by atoms with Gasteiger partial charge in [0.05, 0.1) is 10.6 Å². The highest BCUT2D eigenvalue weighted by atomic mass is 79.9. The third-order valence-electron chi connectivity index (χ3n) is 4.36. The molecule has 1 aliphatic rings. The van der Waals surface area contributed by atoms with Crippen LogP contribution in [0.2, 0.25) is 5.02 Å². The van der Waals surface area contributed by atoms with E-state index >= 15 is 0 Å². The first-order valence-corrected chi connectivity index (χ1v) is 8.57. The van der Waals surface area contributed by atoms with E-state index in [0.717, 1.165) is 48.3 Å². The zero-order chi connectivity index (χ0) is 14.6. The molecule has 4 heteroatoms.